The molecule has 2 aromatic rings. The van der Waals surface area contributed by atoms with Crippen molar-refractivity contribution in [1.82, 2.24) is 15.3 Å². The number of rotatable bonds is 9. The molecule has 162 valence electrons. The summed E-state index contributed by atoms with van der Waals surface area (Å²) in [6.07, 6.45) is 4.65. The van der Waals surface area contributed by atoms with Gasteiger partial charge in [0, 0.05) is 49.3 Å². The van der Waals surface area contributed by atoms with E-state index in [1.807, 2.05) is 24.3 Å². The molecule has 1 amide bonds. The zero-order chi connectivity index (χ0) is 21.3. The Bertz CT molecular complexity index is 828. The number of carbonyl (C=O) groups excluding carboxylic acids is 1. The molecule has 1 aromatic carbocycles. The standard InChI is InChI=1S/C23H32N4O2S/c1-4-20-15-21(27-13-6-5-7-17(27)2)26-23(25-20)30-16-18-8-10-19(11-9-18)22(28)24-12-14-29-3/h8-11,15,17H,4-7,12-14,16H2,1-3H3,(H,24,28)/t17-/m0/s1. The van der Waals surface area contributed by atoms with E-state index in [9.17, 15) is 4.79 Å². The molecule has 1 aliphatic heterocycles. The van der Waals surface area contributed by atoms with Crippen LogP contribution in [0.1, 0.15) is 54.7 Å². The van der Waals surface area contributed by atoms with E-state index in [0.29, 0.717) is 24.8 Å². The molecular formula is C23H32N4O2S. The molecule has 0 bridgehead atoms. The molecule has 0 saturated carbocycles. The number of aryl methyl sites for hydroxylation is 1. The summed E-state index contributed by atoms with van der Waals surface area (Å²) in [4.78, 5) is 24.1. The highest BCUT2D eigenvalue weighted by atomic mass is 32.2. The summed E-state index contributed by atoms with van der Waals surface area (Å²) in [6.45, 7) is 6.51. The molecule has 6 nitrogen and oxygen atoms in total. The lowest BCUT2D eigenvalue weighted by molar-refractivity contribution is 0.0937. The topological polar surface area (TPSA) is 67.4 Å². The predicted molar refractivity (Wildman–Crippen MR) is 122 cm³/mol. The Morgan fingerprint density at radius 3 is 2.77 bits per heavy atom. The van der Waals surface area contributed by atoms with Crippen LogP contribution >= 0.6 is 11.8 Å². The first-order chi connectivity index (χ1) is 14.6. The number of carbonyl (C=O) groups is 1. The van der Waals surface area contributed by atoms with Gasteiger partial charge in [-0.25, -0.2) is 9.97 Å². The number of thioether (sulfide) groups is 1. The van der Waals surface area contributed by atoms with Crippen molar-refractivity contribution in [2.75, 3.05) is 31.7 Å². The van der Waals surface area contributed by atoms with Crippen molar-refractivity contribution in [2.45, 2.75) is 56.5 Å². The minimum absolute atomic E-state index is 0.0782. The van der Waals surface area contributed by atoms with E-state index in [1.165, 1.54) is 19.3 Å². The number of anilines is 1. The summed E-state index contributed by atoms with van der Waals surface area (Å²) in [6, 6.07) is 10.4. The average molecular weight is 429 g/mol. The van der Waals surface area contributed by atoms with Crippen molar-refractivity contribution in [3.63, 3.8) is 0 Å². The SMILES string of the molecule is CCc1cc(N2CCCC[C@@H]2C)nc(SCc2ccc(C(=O)NCCOC)cc2)n1. The van der Waals surface area contributed by atoms with E-state index in [1.54, 1.807) is 18.9 Å². The first kappa shape index (κ1) is 22.6. The van der Waals surface area contributed by atoms with Gasteiger partial charge in [-0.1, -0.05) is 30.8 Å². The molecule has 1 fully saturated rings. The summed E-state index contributed by atoms with van der Waals surface area (Å²) in [5, 5.41) is 3.66. The van der Waals surface area contributed by atoms with Crippen molar-refractivity contribution in [3.8, 4) is 0 Å². The molecule has 0 aliphatic carbocycles. The van der Waals surface area contributed by atoms with Crippen LogP contribution in [0.4, 0.5) is 5.82 Å². The molecule has 2 heterocycles. The van der Waals surface area contributed by atoms with Gasteiger partial charge >= 0.3 is 0 Å². The number of nitrogens with zero attached hydrogens (tertiary/aromatic N) is 3. The summed E-state index contributed by atoms with van der Waals surface area (Å²) < 4.78 is 4.96. The highest BCUT2D eigenvalue weighted by Crippen LogP contribution is 2.27. The van der Waals surface area contributed by atoms with Crippen LogP contribution in [0.2, 0.25) is 0 Å². The van der Waals surface area contributed by atoms with E-state index < -0.39 is 0 Å². The van der Waals surface area contributed by atoms with Crippen LogP contribution in [0.25, 0.3) is 0 Å². The summed E-state index contributed by atoms with van der Waals surface area (Å²) in [5.41, 5.74) is 2.89. The maximum absolute atomic E-state index is 12.1. The number of hydrogen-bond donors (Lipinski definition) is 1. The third kappa shape index (κ3) is 6.19. The van der Waals surface area contributed by atoms with Crippen molar-refractivity contribution < 1.29 is 9.53 Å². The molecule has 1 atom stereocenters. The molecule has 1 N–H and O–H groups in total. The van der Waals surface area contributed by atoms with Gasteiger partial charge in [0.25, 0.3) is 5.91 Å². The Kier molecular flexibility index (Phi) is 8.51. The smallest absolute Gasteiger partial charge is 0.251 e. The van der Waals surface area contributed by atoms with Crippen LogP contribution < -0.4 is 10.2 Å². The fraction of sp³-hybridized carbons (Fsp3) is 0.522. The molecule has 0 spiro atoms. The normalized spacial score (nSPS) is 16.5. The van der Waals surface area contributed by atoms with E-state index in [2.05, 4.69) is 30.1 Å². The minimum atomic E-state index is -0.0782. The second-order valence-corrected chi connectivity index (χ2v) is 8.57. The molecule has 30 heavy (non-hydrogen) atoms. The van der Waals surface area contributed by atoms with Gasteiger partial charge in [0.05, 0.1) is 6.61 Å². The van der Waals surface area contributed by atoms with Gasteiger partial charge in [-0.15, -0.1) is 0 Å². The second kappa shape index (κ2) is 11.3. The Hall–Kier alpha value is -2.12. The first-order valence-corrected chi connectivity index (χ1v) is 11.7. The number of piperidine rings is 1. The number of ether oxygens (including phenoxy) is 1. The fourth-order valence-corrected chi connectivity index (χ4v) is 4.39. The lowest BCUT2D eigenvalue weighted by atomic mass is 10.0. The zero-order valence-electron chi connectivity index (χ0n) is 18.2. The van der Waals surface area contributed by atoms with Crippen molar-refractivity contribution >= 4 is 23.5 Å². The molecule has 0 radical (unpaired) electrons. The monoisotopic (exact) mass is 428 g/mol. The van der Waals surface area contributed by atoms with Gasteiger partial charge in [0.2, 0.25) is 0 Å². The Morgan fingerprint density at radius 2 is 2.07 bits per heavy atom. The number of hydrogen-bond acceptors (Lipinski definition) is 6. The Labute approximate surface area is 183 Å². The zero-order valence-corrected chi connectivity index (χ0v) is 19.0. The lowest BCUT2D eigenvalue weighted by Crippen LogP contribution is -2.38. The van der Waals surface area contributed by atoms with Crippen molar-refractivity contribution in [2.24, 2.45) is 0 Å². The largest absolute Gasteiger partial charge is 0.383 e. The van der Waals surface area contributed by atoms with E-state index in [-0.39, 0.29) is 5.91 Å². The van der Waals surface area contributed by atoms with Crippen LogP contribution in [0.15, 0.2) is 35.5 Å². The highest BCUT2D eigenvalue weighted by Gasteiger charge is 2.21. The molecule has 1 aliphatic rings. The lowest BCUT2D eigenvalue weighted by Gasteiger charge is -2.34. The van der Waals surface area contributed by atoms with Crippen molar-refractivity contribution in [3.05, 3.63) is 47.2 Å². The van der Waals surface area contributed by atoms with E-state index in [0.717, 1.165) is 41.0 Å². The Morgan fingerprint density at radius 1 is 1.27 bits per heavy atom. The number of methoxy groups -OCH3 is 1. The van der Waals surface area contributed by atoms with Gasteiger partial charge in [0.15, 0.2) is 5.16 Å². The van der Waals surface area contributed by atoms with Gasteiger partial charge in [-0.05, 0) is 50.3 Å². The van der Waals surface area contributed by atoms with E-state index >= 15 is 0 Å². The van der Waals surface area contributed by atoms with Gasteiger partial charge in [-0.3, -0.25) is 4.79 Å². The molecule has 1 aromatic heterocycles. The van der Waals surface area contributed by atoms with Crippen LogP contribution in [0.5, 0.6) is 0 Å². The maximum atomic E-state index is 12.1. The second-order valence-electron chi connectivity index (χ2n) is 7.63. The van der Waals surface area contributed by atoms with Crippen LogP contribution in [-0.4, -0.2) is 48.7 Å². The number of nitrogens with one attached hydrogen (secondary N) is 1. The number of amides is 1. The van der Waals surface area contributed by atoms with Gasteiger partial charge in [0.1, 0.15) is 5.82 Å². The van der Waals surface area contributed by atoms with Gasteiger partial charge in [-0.2, -0.15) is 0 Å². The average Bonchev–Trinajstić information content (AvgIpc) is 2.78. The summed E-state index contributed by atoms with van der Waals surface area (Å²) in [7, 11) is 1.62. The van der Waals surface area contributed by atoms with Gasteiger partial charge < -0.3 is 15.0 Å². The van der Waals surface area contributed by atoms with Crippen LogP contribution in [-0.2, 0) is 16.9 Å². The third-order valence-corrected chi connectivity index (χ3v) is 6.30. The van der Waals surface area contributed by atoms with Crippen LogP contribution in [0, 0.1) is 0 Å². The first-order valence-electron chi connectivity index (χ1n) is 10.7. The number of benzene rings is 1. The highest BCUT2D eigenvalue weighted by molar-refractivity contribution is 7.98. The van der Waals surface area contributed by atoms with E-state index in [4.69, 9.17) is 14.7 Å². The number of aromatic nitrogens is 2. The quantitative estimate of drug-likeness (QED) is 0.369. The third-order valence-electron chi connectivity index (χ3n) is 5.38. The summed E-state index contributed by atoms with van der Waals surface area (Å²) >= 11 is 1.65. The predicted octanol–water partition coefficient (Wildman–Crippen LogP) is 4.09. The van der Waals surface area contributed by atoms with Crippen molar-refractivity contribution in [1.29, 1.82) is 0 Å². The molecular weight excluding hydrogens is 396 g/mol. The molecule has 0 unspecified atom stereocenters. The fourth-order valence-electron chi connectivity index (χ4n) is 3.56. The molecule has 3 rings (SSSR count). The molecule has 7 heteroatoms. The molecule has 1 saturated heterocycles. The van der Waals surface area contributed by atoms with Crippen LogP contribution in [0.3, 0.4) is 0 Å². The maximum Gasteiger partial charge on any atom is 0.251 e. The minimum Gasteiger partial charge on any atom is -0.383 e. The Balaban J connectivity index is 1.63. The summed E-state index contributed by atoms with van der Waals surface area (Å²) in [5.74, 6) is 1.75.